The van der Waals surface area contributed by atoms with Gasteiger partial charge >= 0.3 is 0 Å². The van der Waals surface area contributed by atoms with Crippen LogP contribution >= 0.6 is 0 Å². The van der Waals surface area contributed by atoms with Crippen LogP contribution in [0.3, 0.4) is 0 Å². The average molecular weight is 281 g/mol. The molecule has 1 aliphatic carbocycles. The smallest absolute Gasteiger partial charge is 0.123 e. The Balaban J connectivity index is 1.70. The van der Waals surface area contributed by atoms with Crippen molar-refractivity contribution in [2.24, 2.45) is 0 Å². The molecule has 110 valence electrons. The van der Waals surface area contributed by atoms with Crippen LogP contribution in [0.15, 0.2) is 48.5 Å². The molecule has 1 aliphatic rings. The van der Waals surface area contributed by atoms with Gasteiger partial charge in [-0.3, -0.25) is 0 Å². The predicted molar refractivity (Wildman–Crippen MR) is 86.8 cm³/mol. The van der Waals surface area contributed by atoms with Gasteiger partial charge in [0.2, 0.25) is 0 Å². The van der Waals surface area contributed by atoms with Crippen LogP contribution in [0.5, 0.6) is 5.75 Å². The number of hydrogen-bond acceptors (Lipinski definition) is 2. The zero-order chi connectivity index (χ0) is 14.7. The van der Waals surface area contributed by atoms with Crippen LogP contribution in [-0.2, 0) is 12.8 Å². The molecule has 0 radical (unpaired) electrons. The molecular weight excluding hydrogens is 258 g/mol. The molecule has 2 aromatic carbocycles. The molecule has 2 nitrogen and oxygen atoms in total. The van der Waals surface area contributed by atoms with Crippen LogP contribution in [0.2, 0.25) is 0 Å². The molecule has 1 unspecified atom stereocenters. The molecular formula is C19H23NO. The lowest BCUT2D eigenvalue weighted by molar-refractivity contribution is 0.381. The first-order valence-corrected chi connectivity index (χ1v) is 7.73. The van der Waals surface area contributed by atoms with Crippen LogP contribution < -0.4 is 10.1 Å². The van der Waals surface area contributed by atoms with Gasteiger partial charge < -0.3 is 10.1 Å². The molecule has 0 fully saturated rings. The SMILES string of the molecule is COc1ccccc1[C@H](C)NC1CCc2ccccc2C1. The van der Waals surface area contributed by atoms with E-state index in [1.54, 1.807) is 7.11 Å². The second kappa shape index (κ2) is 6.31. The van der Waals surface area contributed by atoms with E-state index >= 15 is 0 Å². The van der Waals surface area contributed by atoms with Crippen molar-refractivity contribution in [1.29, 1.82) is 0 Å². The lowest BCUT2D eigenvalue weighted by Gasteiger charge is -2.29. The zero-order valence-corrected chi connectivity index (χ0v) is 12.8. The number of para-hydroxylation sites is 1. The van der Waals surface area contributed by atoms with E-state index in [0.717, 1.165) is 12.2 Å². The standard InChI is InChI=1S/C19H23NO/c1-14(18-9-5-6-10-19(18)21-2)20-17-12-11-15-7-3-4-8-16(15)13-17/h3-10,14,17,20H,11-13H2,1-2H3/t14-,17?/m0/s1. The molecule has 1 N–H and O–H groups in total. The number of hydrogen-bond donors (Lipinski definition) is 1. The van der Waals surface area contributed by atoms with Gasteiger partial charge in [-0.05, 0) is 43.4 Å². The molecule has 3 rings (SSSR count). The molecule has 0 saturated heterocycles. The molecule has 0 bridgehead atoms. The lowest BCUT2D eigenvalue weighted by Crippen LogP contribution is -2.36. The number of fused-ring (bicyclic) bond motifs is 1. The summed E-state index contributed by atoms with van der Waals surface area (Å²) in [4.78, 5) is 0. The van der Waals surface area contributed by atoms with Gasteiger partial charge in [-0.1, -0.05) is 42.5 Å². The van der Waals surface area contributed by atoms with E-state index in [-0.39, 0.29) is 0 Å². The average Bonchev–Trinajstić information content (AvgIpc) is 2.54. The summed E-state index contributed by atoms with van der Waals surface area (Å²) in [6, 6.07) is 17.9. The van der Waals surface area contributed by atoms with Gasteiger partial charge in [-0.25, -0.2) is 0 Å². The number of aryl methyl sites for hydroxylation is 1. The minimum absolute atomic E-state index is 0.302. The fourth-order valence-electron chi connectivity index (χ4n) is 3.31. The number of rotatable bonds is 4. The van der Waals surface area contributed by atoms with Crippen molar-refractivity contribution in [2.75, 3.05) is 7.11 Å². The van der Waals surface area contributed by atoms with Crippen molar-refractivity contribution >= 4 is 0 Å². The maximum atomic E-state index is 5.47. The van der Waals surface area contributed by atoms with Crippen LogP contribution in [0.1, 0.15) is 36.1 Å². The van der Waals surface area contributed by atoms with E-state index in [2.05, 4.69) is 48.6 Å². The molecule has 2 aromatic rings. The van der Waals surface area contributed by atoms with Gasteiger partial charge in [0.1, 0.15) is 5.75 Å². The highest BCUT2D eigenvalue weighted by atomic mass is 16.5. The minimum atomic E-state index is 0.302. The van der Waals surface area contributed by atoms with Crippen molar-refractivity contribution < 1.29 is 4.74 Å². The van der Waals surface area contributed by atoms with Gasteiger partial charge in [-0.2, -0.15) is 0 Å². The Kier molecular flexibility index (Phi) is 4.26. The molecule has 21 heavy (non-hydrogen) atoms. The normalized spacial score (nSPS) is 18.9. The fraction of sp³-hybridized carbons (Fsp3) is 0.368. The fourth-order valence-corrected chi connectivity index (χ4v) is 3.31. The Morgan fingerprint density at radius 1 is 1.05 bits per heavy atom. The number of methoxy groups -OCH3 is 1. The Hall–Kier alpha value is -1.80. The van der Waals surface area contributed by atoms with Gasteiger partial charge in [0, 0.05) is 17.6 Å². The Bertz CT molecular complexity index is 608. The number of benzene rings is 2. The second-order valence-corrected chi connectivity index (χ2v) is 5.84. The molecule has 0 amide bonds. The summed E-state index contributed by atoms with van der Waals surface area (Å²) >= 11 is 0. The first kappa shape index (κ1) is 14.2. The molecule has 0 aromatic heterocycles. The van der Waals surface area contributed by atoms with Crippen molar-refractivity contribution in [3.63, 3.8) is 0 Å². The summed E-state index contributed by atoms with van der Waals surface area (Å²) in [6.07, 6.45) is 3.50. The molecule has 0 aliphatic heterocycles. The summed E-state index contributed by atoms with van der Waals surface area (Å²) < 4.78 is 5.47. The molecule has 2 atom stereocenters. The van der Waals surface area contributed by atoms with E-state index in [4.69, 9.17) is 4.74 Å². The predicted octanol–water partition coefficient (Wildman–Crippen LogP) is 3.90. The van der Waals surface area contributed by atoms with Crippen LogP contribution in [0, 0.1) is 0 Å². The zero-order valence-electron chi connectivity index (χ0n) is 12.8. The summed E-state index contributed by atoms with van der Waals surface area (Å²) in [6.45, 7) is 2.22. The monoisotopic (exact) mass is 281 g/mol. The minimum Gasteiger partial charge on any atom is -0.496 e. The summed E-state index contributed by atoms with van der Waals surface area (Å²) in [5.41, 5.74) is 4.24. The van der Waals surface area contributed by atoms with Crippen molar-refractivity contribution in [2.45, 2.75) is 38.3 Å². The van der Waals surface area contributed by atoms with E-state index < -0.39 is 0 Å². The molecule has 2 heteroatoms. The van der Waals surface area contributed by atoms with Gasteiger partial charge in [0.15, 0.2) is 0 Å². The highest BCUT2D eigenvalue weighted by molar-refractivity contribution is 5.36. The van der Waals surface area contributed by atoms with E-state index in [1.807, 2.05) is 12.1 Å². The van der Waals surface area contributed by atoms with Gasteiger partial charge in [0.25, 0.3) is 0 Å². The van der Waals surface area contributed by atoms with Gasteiger partial charge in [-0.15, -0.1) is 0 Å². The summed E-state index contributed by atoms with van der Waals surface area (Å²) in [7, 11) is 1.74. The maximum Gasteiger partial charge on any atom is 0.123 e. The summed E-state index contributed by atoms with van der Waals surface area (Å²) in [5, 5.41) is 3.77. The second-order valence-electron chi connectivity index (χ2n) is 5.84. The molecule has 0 saturated carbocycles. The van der Waals surface area contributed by atoms with Crippen molar-refractivity contribution in [3.05, 3.63) is 65.2 Å². The highest BCUT2D eigenvalue weighted by Crippen LogP contribution is 2.27. The highest BCUT2D eigenvalue weighted by Gasteiger charge is 2.21. The quantitative estimate of drug-likeness (QED) is 0.917. The first-order chi connectivity index (χ1) is 10.3. The van der Waals surface area contributed by atoms with Crippen LogP contribution in [0.25, 0.3) is 0 Å². The largest absolute Gasteiger partial charge is 0.496 e. The Morgan fingerprint density at radius 2 is 1.76 bits per heavy atom. The van der Waals surface area contributed by atoms with Crippen LogP contribution in [-0.4, -0.2) is 13.2 Å². The topological polar surface area (TPSA) is 21.3 Å². The third kappa shape index (κ3) is 3.11. The third-order valence-electron chi connectivity index (χ3n) is 4.44. The molecule has 0 spiro atoms. The van der Waals surface area contributed by atoms with Crippen molar-refractivity contribution in [1.82, 2.24) is 5.32 Å². The first-order valence-electron chi connectivity index (χ1n) is 7.73. The summed E-state index contributed by atoms with van der Waals surface area (Å²) in [5.74, 6) is 0.966. The third-order valence-corrected chi connectivity index (χ3v) is 4.44. The van der Waals surface area contributed by atoms with Crippen LogP contribution in [0.4, 0.5) is 0 Å². The van der Waals surface area contributed by atoms with Crippen molar-refractivity contribution in [3.8, 4) is 5.75 Å². The van der Waals surface area contributed by atoms with E-state index in [0.29, 0.717) is 12.1 Å². The number of nitrogens with one attached hydrogen (secondary N) is 1. The van der Waals surface area contributed by atoms with Gasteiger partial charge in [0.05, 0.1) is 7.11 Å². The number of ether oxygens (including phenoxy) is 1. The van der Waals surface area contributed by atoms with E-state index in [1.165, 1.54) is 29.5 Å². The Morgan fingerprint density at radius 3 is 2.57 bits per heavy atom. The Labute approximate surface area is 127 Å². The molecule has 0 heterocycles. The van der Waals surface area contributed by atoms with E-state index in [9.17, 15) is 0 Å². The lowest BCUT2D eigenvalue weighted by atomic mass is 9.88. The maximum absolute atomic E-state index is 5.47.